The van der Waals surface area contributed by atoms with Gasteiger partial charge in [-0.1, -0.05) is 29.8 Å². The second-order valence-corrected chi connectivity index (χ2v) is 8.36. The molecular weight excluding hydrogens is 372 g/mol. The number of carbonyl (C=O) groups excluding carboxylic acids is 1. The molecule has 0 saturated carbocycles. The highest BCUT2D eigenvalue weighted by Gasteiger charge is 2.15. The van der Waals surface area contributed by atoms with Crippen LogP contribution in [-0.2, 0) is 9.84 Å². The number of nitrogens with one attached hydrogen (secondary N) is 1. The Morgan fingerprint density at radius 3 is 2.46 bits per heavy atom. The fraction of sp³-hybridized carbons (Fsp3) is 0.316. The van der Waals surface area contributed by atoms with Gasteiger partial charge in [-0.05, 0) is 43.7 Å². The molecule has 5 nitrogen and oxygen atoms in total. The van der Waals surface area contributed by atoms with Crippen molar-refractivity contribution in [2.24, 2.45) is 0 Å². The largest absolute Gasteiger partial charge is 0.372 e. The molecule has 0 bridgehead atoms. The summed E-state index contributed by atoms with van der Waals surface area (Å²) in [6.07, 6.45) is 1.86. The highest BCUT2D eigenvalue weighted by atomic mass is 35.5. The molecule has 0 aliphatic heterocycles. The normalized spacial score (nSPS) is 11.2. The number of halogens is 1. The molecule has 2 aromatic rings. The van der Waals surface area contributed by atoms with Crippen molar-refractivity contribution in [3.8, 4) is 0 Å². The van der Waals surface area contributed by atoms with E-state index in [-0.39, 0.29) is 21.4 Å². The predicted molar refractivity (Wildman–Crippen MR) is 106 cm³/mol. The molecule has 0 heterocycles. The Hall–Kier alpha value is -2.05. The zero-order chi connectivity index (χ0) is 19.2. The van der Waals surface area contributed by atoms with Gasteiger partial charge >= 0.3 is 0 Å². The number of amides is 1. The lowest BCUT2D eigenvalue weighted by molar-refractivity contribution is 0.0953. The van der Waals surface area contributed by atoms with Crippen molar-refractivity contribution in [3.63, 3.8) is 0 Å². The van der Waals surface area contributed by atoms with Gasteiger partial charge in [0.2, 0.25) is 0 Å². The number of rotatable bonds is 8. The maximum atomic E-state index is 12.3. The summed E-state index contributed by atoms with van der Waals surface area (Å²) in [5, 5.41) is 3.04. The first kappa shape index (κ1) is 20.3. The zero-order valence-corrected chi connectivity index (χ0v) is 16.5. The first-order valence-corrected chi connectivity index (χ1v) is 10.7. The Morgan fingerprint density at radius 1 is 1.15 bits per heavy atom. The second kappa shape index (κ2) is 9.05. The summed E-state index contributed by atoms with van der Waals surface area (Å²) in [5.74, 6) is -0.372. The number of hydrogen-bond donors (Lipinski definition) is 1. The third-order valence-corrected chi connectivity index (χ3v) is 5.44. The third-order valence-electron chi connectivity index (χ3n) is 4.00. The Balaban J connectivity index is 1.93. The van der Waals surface area contributed by atoms with E-state index in [2.05, 4.69) is 29.3 Å². The summed E-state index contributed by atoms with van der Waals surface area (Å²) in [7, 11) is -3.39. The van der Waals surface area contributed by atoms with Crippen LogP contribution in [0.25, 0.3) is 0 Å². The zero-order valence-electron chi connectivity index (χ0n) is 14.9. The quantitative estimate of drug-likeness (QED) is 0.697. The van der Waals surface area contributed by atoms with Crippen LogP contribution in [0.4, 0.5) is 5.69 Å². The number of para-hydroxylation sites is 1. The van der Waals surface area contributed by atoms with E-state index < -0.39 is 9.84 Å². The molecule has 0 unspecified atom stereocenters. The molecule has 1 N–H and O–H groups in total. The van der Waals surface area contributed by atoms with Gasteiger partial charge in [-0.25, -0.2) is 8.42 Å². The van der Waals surface area contributed by atoms with Gasteiger partial charge in [0.1, 0.15) is 0 Å². The molecule has 1 amide bonds. The number of anilines is 1. The Labute approximate surface area is 159 Å². The molecule has 0 atom stereocenters. The molecule has 2 rings (SSSR count). The second-order valence-electron chi connectivity index (χ2n) is 5.94. The molecule has 0 aromatic heterocycles. The summed E-state index contributed by atoms with van der Waals surface area (Å²) in [5.41, 5.74) is 1.32. The molecule has 140 valence electrons. The molecule has 0 aliphatic carbocycles. The van der Waals surface area contributed by atoms with Crippen molar-refractivity contribution in [3.05, 3.63) is 59.1 Å². The minimum absolute atomic E-state index is 0.0771. The summed E-state index contributed by atoms with van der Waals surface area (Å²) >= 11 is 6.04. The number of sulfone groups is 1. The van der Waals surface area contributed by atoms with Crippen molar-refractivity contribution >= 4 is 33.0 Å². The van der Waals surface area contributed by atoms with Crippen molar-refractivity contribution in [1.29, 1.82) is 0 Å². The van der Waals surface area contributed by atoms with Gasteiger partial charge in [0.25, 0.3) is 5.91 Å². The molecule has 7 heteroatoms. The van der Waals surface area contributed by atoms with E-state index in [9.17, 15) is 13.2 Å². The van der Waals surface area contributed by atoms with Gasteiger partial charge in [0, 0.05) is 31.6 Å². The monoisotopic (exact) mass is 394 g/mol. The Morgan fingerprint density at radius 2 is 1.85 bits per heavy atom. The van der Waals surface area contributed by atoms with E-state index in [0.29, 0.717) is 6.54 Å². The van der Waals surface area contributed by atoms with Crippen molar-refractivity contribution in [1.82, 2.24) is 5.32 Å². The summed E-state index contributed by atoms with van der Waals surface area (Å²) < 4.78 is 23.3. The fourth-order valence-corrected chi connectivity index (χ4v) is 3.44. The number of carbonyl (C=O) groups is 1. The van der Waals surface area contributed by atoms with E-state index in [4.69, 9.17) is 11.6 Å². The van der Waals surface area contributed by atoms with Crippen LogP contribution in [0.1, 0.15) is 23.7 Å². The Bertz CT molecular complexity index is 854. The number of hydrogen-bond acceptors (Lipinski definition) is 4. The molecule has 0 radical (unpaired) electrons. The van der Waals surface area contributed by atoms with Crippen LogP contribution in [0.3, 0.4) is 0 Å². The molecule has 0 fully saturated rings. The SMILES string of the molecule is CCN(CCCNC(=O)c1cc(S(C)(=O)=O)ccc1Cl)c1ccccc1. The molecule has 0 aliphatic rings. The van der Waals surface area contributed by atoms with Gasteiger partial charge in [0.05, 0.1) is 15.5 Å². The lowest BCUT2D eigenvalue weighted by atomic mass is 10.2. The molecule has 0 saturated heterocycles. The Kier molecular flexibility index (Phi) is 7.06. The minimum Gasteiger partial charge on any atom is -0.372 e. The maximum absolute atomic E-state index is 12.3. The summed E-state index contributed by atoms with van der Waals surface area (Å²) in [6, 6.07) is 14.2. The van der Waals surface area contributed by atoms with Crippen molar-refractivity contribution < 1.29 is 13.2 Å². The first-order chi connectivity index (χ1) is 12.3. The van der Waals surface area contributed by atoms with E-state index in [1.165, 1.54) is 18.2 Å². The smallest absolute Gasteiger partial charge is 0.252 e. The lowest BCUT2D eigenvalue weighted by Gasteiger charge is -2.23. The van der Waals surface area contributed by atoms with E-state index in [1.807, 2.05) is 18.2 Å². The predicted octanol–water partition coefficient (Wildman–Crippen LogP) is 3.39. The van der Waals surface area contributed by atoms with Crippen LogP contribution in [-0.4, -0.2) is 40.2 Å². The first-order valence-electron chi connectivity index (χ1n) is 8.40. The summed E-state index contributed by atoms with van der Waals surface area (Å²) in [6.45, 7) is 4.24. The fourth-order valence-electron chi connectivity index (χ4n) is 2.58. The lowest BCUT2D eigenvalue weighted by Crippen LogP contribution is -2.30. The van der Waals surface area contributed by atoms with Gasteiger partial charge in [-0.15, -0.1) is 0 Å². The molecular formula is C19H23ClN2O3S. The van der Waals surface area contributed by atoms with Crippen molar-refractivity contribution in [2.75, 3.05) is 30.8 Å². The average Bonchev–Trinajstić information content (AvgIpc) is 2.61. The topological polar surface area (TPSA) is 66.5 Å². The summed E-state index contributed by atoms with van der Waals surface area (Å²) in [4.78, 5) is 14.6. The van der Waals surface area contributed by atoms with Crippen LogP contribution in [0.15, 0.2) is 53.4 Å². The number of nitrogens with zero attached hydrogens (tertiary/aromatic N) is 1. The van der Waals surface area contributed by atoms with Crippen LogP contribution in [0.5, 0.6) is 0 Å². The van der Waals surface area contributed by atoms with Gasteiger partial charge in [-0.3, -0.25) is 4.79 Å². The van der Waals surface area contributed by atoms with Gasteiger partial charge < -0.3 is 10.2 Å². The third kappa shape index (κ3) is 5.47. The minimum atomic E-state index is -3.39. The molecule has 0 spiro atoms. The van der Waals surface area contributed by atoms with E-state index in [1.54, 1.807) is 0 Å². The maximum Gasteiger partial charge on any atom is 0.252 e. The van der Waals surface area contributed by atoms with Crippen LogP contribution < -0.4 is 10.2 Å². The average molecular weight is 395 g/mol. The number of benzene rings is 2. The van der Waals surface area contributed by atoms with Gasteiger partial charge in [0.15, 0.2) is 9.84 Å². The highest BCUT2D eigenvalue weighted by molar-refractivity contribution is 7.90. The highest BCUT2D eigenvalue weighted by Crippen LogP contribution is 2.20. The van der Waals surface area contributed by atoms with Crippen LogP contribution in [0.2, 0.25) is 5.02 Å². The van der Waals surface area contributed by atoms with Crippen LogP contribution >= 0.6 is 11.6 Å². The molecule has 2 aromatic carbocycles. The van der Waals surface area contributed by atoms with E-state index in [0.717, 1.165) is 31.5 Å². The standard InChI is InChI=1S/C19H23ClN2O3S/c1-3-22(15-8-5-4-6-9-15)13-7-12-21-19(23)17-14-16(26(2,24)25)10-11-18(17)20/h4-6,8-11,14H,3,7,12-13H2,1-2H3,(H,21,23). The van der Waals surface area contributed by atoms with E-state index >= 15 is 0 Å². The van der Waals surface area contributed by atoms with Gasteiger partial charge in [-0.2, -0.15) is 0 Å². The molecule has 26 heavy (non-hydrogen) atoms. The van der Waals surface area contributed by atoms with Crippen LogP contribution in [0, 0.1) is 0 Å². The van der Waals surface area contributed by atoms with Crippen molar-refractivity contribution in [2.45, 2.75) is 18.2 Å².